The molecular weight excluding hydrogens is 540 g/mol. The zero-order valence-electron chi connectivity index (χ0n) is 23.0. The monoisotopic (exact) mass is 578 g/mol. The normalized spacial score (nSPS) is 12.9. The van der Waals surface area contributed by atoms with E-state index in [-0.39, 0.29) is 29.9 Å². The van der Waals surface area contributed by atoms with Gasteiger partial charge in [0.25, 0.3) is 5.91 Å². The van der Waals surface area contributed by atoms with Crippen LogP contribution in [0.25, 0.3) is 0 Å². The Morgan fingerprint density at radius 1 is 0.921 bits per heavy atom. The van der Waals surface area contributed by atoms with Gasteiger partial charge in [-0.1, -0.05) is 98.2 Å². The van der Waals surface area contributed by atoms with Gasteiger partial charge < -0.3 is 15.0 Å². The number of benzene rings is 3. The zero-order valence-corrected chi connectivity index (χ0v) is 24.6. The Hall–Kier alpha value is -3.12. The molecule has 3 rings (SSSR count). The highest BCUT2D eigenvalue weighted by molar-refractivity contribution is 9.10. The largest absolute Gasteiger partial charge is 0.484 e. The van der Waals surface area contributed by atoms with Crippen molar-refractivity contribution in [3.8, 4) is 5.75 Å². The second kappa shape index (κ2) is 13.6. The molecule has 38 heavy (non-hydrogen) atoms. The van der Waals surface area contributed by atoms with Gasteiger partial charge in [0.1, 0.15) is 11.8 Å². The Morgan fingerprint density at radius 3 is 2.13 bits per heavy atom. The molecule has 2 amide bonds. The fraction of sp³-hybridized carbons (Fsp3) is 0.375. The molecule has 0 saturated carbocycles. The molecule has 1 N–H and O–H groups in total. The summed E-state index contributed by atoms with van der Waals surface area (Å²) in [7, 11) is 0. The summed E-state index contributed by atoms with van der Waals surface area (Å²) in [5, 5.41) is 3.09. The summed E-state index contributed by atoms with van der Waals surface area (Å²) in [6.45, 7) is 10.6. The molecule has 0 aliphatic carbocycles. The quantitative estimate of drug-likeness (QED) is 0.276. The second-order valence-corrected chi connectivity index (χ2v) is 11.7. The lowest BCUT2D eigenvalue weighted by molar-refractivity contribution is -0.143. The van der Waals surface area contributed by atoms with Gasteiger partial charge in [0.15, 0.2) is 6.61 Å². The van der Waals surface area contributed by atoms with Crippen molar-refractivity contribution >= 4 is 27.7 Å². The maximum Gasteiger partial charge on any atom is 0.261 e. The third kappa shape index (κ3) is 8.73. The summed E-state index contributed by atoms with van der Waals surface area (Å²) in [6, 6.07) is 24.8. The number of carbonyl (C=O) groups excluding carboxylic acids is 2. The number of nitrogens with zero attached hydrogens (tertiary/aromatic N) is 1. The van der Waals surface area contributed by atoms with Crippen molar-refractivity contribution in [2.24, 2.45) is 0 Å². The van der Waals surface area contributed by atoms with Gasteiger partial charge in [0, 0.05) is 23.5 Å². The van der Waals surface area contributed by atoms with E-state index < -0.39 is 6.04 Å². The molecule has 3 aromatic carbocycles. The smallest absolute Gasteiger partial charge is 0.261 e. The molecule has 0 aromatic heterocycles. The number of amides is 2. The first-order chi connectivity index (χ1) is 18.1. The number of hydrogen-bond acceptors (Lipinski definition) is 3. The topological polar surface area (TPSA) is 58.6 Å². The van der Waals surface area contributed by atoms with E-state index in [0.29, 0.717) is 18.7 Å². The Bertz CT molecular complexity index is 1170. The van der Waals surface area contributed by atoms with E-state index in [4.69, 9.17) is 4.74 Å². The number of ether oxygens (including phenoxy) is 1. The Morgan fingerprint density at radius 2 is 1.55 bits per heavy atom. The highest BCUT2D eigenvalue weighted by Gasteiger charge is 2.31. The van der Waals surface area contributed by atoms with Gasteiger partial charge in [-0.25, -0.2) is 0 Å². The maximum atomic E-state index is 13.7. The molecule has 0 fully saturated rings. The number of hydrogen-bond donors (Lipinski definition) is 1. The van der Waals surface area contributed by atoms with Crippen molar-refractivity contribution < 1.29 is 14.3 Å². The standard InChI is InChI=1S/C32H39BrN2O3/c1-6-23(2)34-31(37)29(20-24-10-8-7-9-11-24)35(21-25-12-16-27(33)17-13-25)30(36)22-38-28-18-14-26(15-19-28)32(3,4)5/h7-19,23,29H,6,20-22H2,1-5H3,(H,34,37)/t23-,29-/m1/s1. The molecule has 0 radical (unpaired) electrons. The van der Waals surface area contributed by atoms with Crippen LogP contribution in [0.4, 0.5) is 0 Å². The summed E-state index contributed by atoms with van der Waals surface area (Å²) < 4.78 is 6.88. The molecule has 2 atom stereocenters. The molecule has 0 saturated heterocycles. The van der Waals surface area contributed by atoms with Crippen LogP contribution in [0.2, 0.25) is 0 Å². The molecule has 0 unspecified atom stereocenters. The first-order valence-electron chi connectivity index (χ1n) is 13.2. The van der Waals surface area contributed by atoms with E-state index in [1.807, 2.05) is 92.7 Å². The van der Waals surface area contributed by atoms with E-state index in [9.17, 15) is 9.59 Å². The molecule has 0 spiro atoms. The highest BCUT2D eigenvalue weighted by Crippen LogP contribution is 2.24. The Kier molecular flexibility index (Phi) is 10.5. The van der Waals surface area contributed by atoms with Gasteiger partial charge in [0.05, 0.1) is 0 Å². The lowest BCUT2D eigenvalue weighted by atomic mass is 9.87. The van der Waals surface area contributed by atoms with Crippen LogP contribution in [0, 0.1) is 0 Å². The van der Waals surface area contributed by atoms with Crippen LogP contribution in [0.1, 0.15) is 57.7 Å². The molecule has 0 aliphatic rings. The van der Waals surface area contributed by atoms with Gasteiger partial charge in [-0.2, -0.15) is 0 Å². The summed E-state index contributed by atoms with van der Waals surface area (Å²) in [4.78, 5) is 28.9. The Balaban J connectivity index is 1.88. The van der Waals surface area contributed by atoms with Crippen molar-refractivity contribution in [2.45, 2.75) is 71.5 Å². The van der Waals surface area contributed by atoms with Crippen LogP contribution in [0.15, 0.2) is 83.3 Å². The van der Waals surface area contributed by atoms with E-state index in [1.54, 1.807) is 4.90 Å². The van der Waals surface area contributed by atoms with Crippen LogP contribution in [-0.2, 0) is 28.0 Å². The minimum atomic E-state index is -0.686. The van der Waals surface area contributed by atoms with Gasteiger partial charge in [-0.3, -0.25) is 9.59 Å². The van der Waals surface area contributed by atoms with E-state index in [2.05, 4.69) is 42.0 Å². The van der Waals surface area contributed by atoms with Crippen molar-refractivity contribution in [2.75, 3.05) is 6.61 Å². The lowest BCUT2D eigenvalue weighted by Gasteiger charge is -2.32. The number of rotatable bonds is 11. The summed E-state index contributed by atoms with van der Waals surface area (Å²) >= 11 is 3.48. The number of halogens is 1. The third-order valence-electron chi connectivity index (χ3n) is 6.62. The van der Waals surface area contributed by atoms with Crippen molar-refractivity contribution in [1.82, 2.24) is 10.2 Å². The summed E-state index contributed by atoms with van der Waals surface area (Å²) in [5.41, 5.74) is 3.15. The van der Waals surface area contributed by atoms with Crippen molar-refractivity contribution in [3.63, 3.8) is 0 Å². The minimum absolute atomic E-state index is 0.00277. The SMILES string of the molecule is CC[C@@H](C)NC(=O)[C@@H](Cc1ccccc1)N(Cc1ccc(Br)cc1)C(=O)COc1ccc(C(C)(C)C)cc1. The highest BCUT2D eigenvalue weighted by atomic mass is 79.9. The lowest BCUT2D eigenvalue weighted by Crippen LogP contribution is -2.53. The van der Waals surface area contributed by atoms with Crippen LogP contribution in [-0.4, -0.2) is 35.4 Å². The van der Waals surface area contributed by atoms with Crippen molar-refractivity contribution in [3.05, 3.63) is 100 Å². The van der Waals surface area contributed by atoms with Gasteiger partial charge >= 0.3 is 0 Å². The maximum absolute atomic E-state index is 13.7. The van der Waals surface area contributed by atoms with Crippen LogP contribution in [0.5, 0.6) is 5.75 Å². The predicted molar refractivity (Wildman–Crippen MR) is 157 cm³/mol. The summed E-state index contributed by atoms with van der Waals surface area (Å²) in [5.74, 6) is 0.217. The molecule has 5 nitrogen and oxygen atoms in total. The van der Waals surface area contributed by atoms with E-state index >= 15 is 0 Å². The molecule has 0 bridgehead atoms. The van der Waals surface area contributed by atoms with Crippen molar-refractivity contribution in [1.29, 1.82) is 0 Å². The molecule has 6 heteroatoms. The third-order valence-corrected chi connectivity index (χ3v) is 7.15. The first kappa shape index (κ1) is 29.4. The summed E-state index contributed by atoms with van der Waals surface area (Å²) in [6.07, 6.45) is 1.21. The second-order valence-electron chi connectivity index (χ2n) is 10.7. The molecule has 0 heterocycles. The number of nitrogens with one attached hydrogen (secondary N) is 1. The van der Waals surface area contributed by atoms with Crippen LogP contribution < -0.4 is 10.1 Å². The minimum Gasteiger partial charge on any atom is -0.484 e. The van der Waals surface area contributed by atoms with Gasteiger partial charge in [-0.05, 0) is 59.7 Å². The number of carbonyl (C=O) groups is 2. The fourth-order valence-electron chi connectivity index (χ4n) is 4.06. The van der Waals surface area contributed by atoms with Crippen LogP contribution >= 0.6 is 15.9 Å². The molecule has 0 aliphatic heterocycles. The molecule has 202 valence electrons. The average Bonchev–Trinajstić information content (AvgIpc) is 2.90. The zero-order chi connectivity index (χ0) is 27.7. The van der Waals surface area contributed by atoms with Gasteiger partial charge in [-0.15, -0.1) is 0 Å². The van der Waals surface area contributed by atoms with E-state index in [0.717, 1.165) is 22.0 Å². The fourth-order valence-corrected chi connectivity index (χ4v) is 4.33. The van der Waals surface area contributed by atoms with E-state index in [1.165, 1.54) is 5.56 Å². The molecular formula is C32H39BrN2O3. The average molecular weight is 580 g/mol. The molecule has 3 aromatic rings. The first-order valence-corrected chi connectivity index (χ1v) is 14.0. The van der Waals surface area contributed by atoms with Crippen LogP contribution in [0.3, 0.4) is 0 Å². The Labute approximate surface area is 235 Å². The van der Waals surface area contributed by atoms with Gasteiger partial charge in [0.2, 0.25) is 5.91 Å². The predicted octanol–water partition coefficient (Wildman–Crippen LogP) is 6.68.